The lowest BCUT2D eigenvalue weighted by Crippen LogP contribution is -2.09. The zero-order valence-electron chi connectivity index (χ0n) is 8.39. The van der Waals surface area contributed by atoms with Gasteiger partial charge in [-0.15, -0.1) is 0 Å². The molecule has 0 saturated carbocycles. The molecule has 1 aromatic rings. The maximum absolute atomic E-state index is 11.2. The Kier molecular flexibility index (Phi) is 3.13. The van der Waals surface area contributed by atoms with E-state index < -0.39 is 10.1 Å². The Balaban J connectivity index is 3.06. The Morgan fingerprint density at radius 3 is 2.00 bits per heavy atom. The van der Waals surface area contributed by atoms with E-state index in [9.17, 15) is 8.42 Å². The molecule has 0 aromatic heterocycles. The molecule has 0 aliphatic rings. The maximum atomic E-state index is 11.2. The van der Waals surface area contributed by atoms with E-state index in [1.165, 1.54) is 12.1 Å². The maximum Gasteiger partial charge on any atom is 0.296 e. The molecule has 0 bridgehead atoms. The first-order valence-electron chi connectivity index (χ1n) is 4.05. The van der Waals surface area contributed by atoms with Gasteiger partial charge in [-0.3, -0.25) is 4.18 Å². The third-order valence-corrected chi connectivity index (χ3v) is 3.15. The van der Waals surface area contributed by atoms with Gasteiger partial charge < -0.3 is 4.90 Å². The molecule has 0 radical (unpaired) electrons. The first-order chi connectivity index (χ1) is 6.47. The van der Waals surface area contributed by atoms with Crippen LogP contribution in [0.2, 0.25) is 0 Å². The van der Waals surface area contributed by atoms with Crippen molar-refractivity contribution in [3.05, 3.63) is 24.3 Å². The SMILES string of the molecule is COS(=O)(=O)c1ccc(N(C)C)cc1. The lowest BCUT2D eigenvalue weighted by molar-refractivity contribution is 0.398. The summed E-state index contributed by atoms with van der Waals surface area (Å²) in [5.74, 6) is 0. The number of hydrogen-bond donors (Lipinski definition) is 0. The molecule has 0 spiro atoms. The normalized spacial score (nSPS) is 11.4. The van der Waals surface area contributed by atoms with Crippen molar-refractivity contribution in [2.45, 2.75) is 4.90 Å². The molecule has 0 amide bonds. The van der Waals surface area contributed by atoms with Crippen molar-refractivity contribution in [2.24, 2.45) is 0 Å². The summed E-state index contributed by atoms with van der Waals surface area (Å²) in [6, 6.07) is 6.50. The highest BCUT2D eigenvalue weighted by atomic mass is 32.2. The second-order valence-corrected chi connectivity index (χ2v) is 4.72. The van der Waals surface area contributed by atoms with Crippen LogP contribution in [0.15, 0.2) is 29.2 Å². The topological polar surface area (TPSA) is 46.6 Å². The molecule has 0 heterocycles. The van der Waals surface area contributed by atoms with Crippen LogP contribution in [0.25, 0.3) is 0 Å². The van der Waals surface area contributed by atoms with Crippen LogP contribution in [-0.4, -0.2) is 29.6 Å². The average Bonchev–Trinajstić information content (AvgIpc) is 2.18. The number of rotatable bonds is 3. The Bertz CT molecular complexity index is 395. The van der Waals surface area contributed by atoms with E-state index in [0.717, 1.165) is 12.8 Å². The van der Waals surface area contributed by atoms with Gasteiger partial charge in [0.15, 0.2) is 0 Å². The standard InChI is InChI=1S/C9H13NO3S/c1-10(2)8-4-6-9(7-5-8)14(11,12)13-3/h4-7H,1-3H3. The minimum Gasteiger partial charge on any atom is -0.378 e. The highest BCUT2D eigenvalue weighted by molar-refractivity contribution is 7.86. The van der Waals surface area contributed by atoms with Gasteiger partial charge in [-0.1, -0.05) is 0 Å². The summed E-state index contributed by atoms with van der Waals surface area (Å²) in [5, 5.41) is 0. The fourth-order valence-corrected chi connectivity index (χ4v) is 1.67. The zero-order chi connectivity index (χ0) is 10.8. The predicted octanol–water partition coefficient (Wildman–Crippen LogP) is 1.09. The van der Waals surface area contributed by atoms with Crippen LogP contribution < -0.4 is 4.90 Å². The highest BCUT2D eigenvalue weighted by Crippen LogP contribution is 2.16. The molecule has 0 aliphatic carbocycles. The van der Waals surface area contributed by atoms with Gasteiger partial charge in [-0.25, -0.2) is 0 Å². The van der Waals surface area contributed by atoms with Gasteiger partial charge in [0.1, 0.15) is 0 Å². The van der Waals surface area contributed by atoms with E-state index in [0.29, 0.717) is 0 Å². The summed E-state index contributed by atoms with van der Waals surface area (Å²) in [4.78, 5) is 2.06. The van der Waals surface area contributed by atoms with Crippen molar-refractivity contribution in [3.63, 3.8) is 0 Å². The van der Waals surface area contributed by atoms with Crippen LogP contribution in [0.3, 0.4) is 0 Å². The first-order valence-corrected chi connectivity index (χ1v) is 5.46. The van der Waals surface area contributed by atoms with Crippen LogP contribution in [0.4, 0.5) is 5.69 Å². The molecule has 5 heteroatoms. The summed E-state index contributed by atoms with van der Waals surface area (Å²) in [7, 11) is 1.37. The number of anilines is 1. The largest absolute Gasteiger partial charge is 0.378 e. The third-order valence-electron chi connectivity index (χ3n) is 1.86. The monoisotopic (exact) mass is 215 g/mol. The Morgan fingerprint density at radius 2 is 1.64 bits per heavy atom. The third kappa shape index (κ3) is 2.24. The molecule has 0 atom stereocenters. The first kappa shape index (κ1) is 11.0. The van der Waals surface area contributed by atoms with Crippen molar-refractivity contribution in [3.8, 4) is 0 Å². The van der Waals surface area contributed by atoms with Crippen LogP contribution in [0.5, 0.6) is 0 Å². The number of nitrogens with zero attached hydrogens (tertiary/aromatic N) is 1. The minimum atomic E-state index is -3.56. The van der Waals surface area contributed by atoms with Crippen LogP contribution >= 0.6 is 0 Å². The molecule has 0 N–H and O–H groups in total. The van der Waals surface area contributed by atoms with Gasteiger partial charge in [0, 0.05) is 19.8 Å². The highest BCUT2D eigenvalue weighted by Gasteiger charge is 2.12. The van der Waals surface area contributed by atoms with Gasteiger partial charge in [-0.05, 0) is 24.3 Å². The Labute approximate surface area is 84.2 Å². The predicted molar refractivity (Wildman–Crippen MR) is 55.0 cm³/mol. The van der Waals surface area contributed by atoms with Gasteiger partial charge in [-0.2, -0.15) is 8.42 Å². The lowest BCUT2D eigenvalue weighted by atomic mass is 10.3. The molecule has 1 aromatic carbocycles. The minimum absolute atomic E-state index is 0.172. The van der Waals surface area contributed by atoms with E-state index in [1.807, 2.05) is 19.0 Å². The second-order valence-electron chi connectivity index (χ2n) is 3.01. The van der Waals surface area contributed by atoms with Gasteiger partial charge >= 0.3 is 0 Å². The van der Waals surface area contributed by atoms with Crippen molar-refractivity contribution in [1.29, 1.82) is 0 Å². The van der Waals surface area contributed by atoms with Gasteiger partial charge in [0.2, 0.25) is 0 Å². The fourth-order valence-electron chi connectivity index (χ4n) is 1.01. The number of benzene rings is 1. The van der Waals surface area contributed by atoms with Crippen LogP contribution in [-0.2, 0) is 14.3 Å². The van der Waals surface area contributed by atoms with E-state index in [1.54, 1.807) is 12.1 Å². The molecule has 78 valence electrons. The van der Waals surface area contributed by atoms with Crippen LogP contribution in [0.1, 0.15) is 0 Å². The molecule has 1 rings (SSSR count). The lowest BCUT2D eigenvalue weighted by Gasteiger charge is -2.12. The Hall–Kier alpha value is -1.07. The van der Waals surface area contributed by atoms with E-state index >= 15 is 0 Å². The summed E-state index contributed by atoms with van der Waals surface area (Å²) in [6.07, 6.45) is 0. The van der Waals surface area contributed by atoms with Crippen molar-refractivity contribution in [1.82, 2.24) is 0 Å². The van der Waals surface area contributed by atoms with E-state index in [4.69, 9.17) is 0 Å². The summed E-state index contributed by atoms with van der Waals surface area (Å²) < 4.78 is 26.9. The number of hydrogen-bond acceptors (Lipinski definition) is 4. The Morgan fingerprint density at radius 1 is 1.14 bits per heavy atom. The van der Waals surface area contributed by atoms with E-state index in [-0.39, 0.29) is 4.90 Å². The molecular weight excluding hydrogens is 202 g/mol. The summed E-state index contributed by atoms with van der Waals surface area (Å²) in [5.41, 5.74) is 0.944. The van der Waals surface area contributed by atoms with Crippen molar-refractivity contribution >= 4 is 15.8 Å². The van der Waals surface area contributed by atoms with Crippen molar-refractivity contribution in [2.75, 3.05) is 26.1 Å². The molecule has 0 aliphatic heterocycles. The molecular formula is C9H13NO3S. The zero-order valence-corrected chi connectivity index (χ0v) is 9.21. The summed E-state index contributed by atoms with van der Waals surface area (Å²) >= 11 is 0. The molecule has 14 heavy (non-hydrogen) atoms. The summed E-state index contributed by atoms with van der Waals surface area (Å²) in [6.45, 7) is 0. The molecule has 0 saturated heterocycles. The van der Waals surface area contributed by atoms with Crippen LogP contribution in [0, 0.1) is 0 Å². The van der Waals surface area contributed by atoms with E-state index in [2.05, 4.69) is 4.18 Å². The van der Waals surface area contributed by atoms with Gasteiger partial charge in [0.25, 0.3) is 10.1 Å². The van der Waals surface area contributed by atoms with Crippen molar-refractivity contribution < 1.29 is 12.6 Å². The van der Waals surface area contributed by atoms with Gasteiger partial charge in [0.05, 0.1) is 12.0 Å². The molecule has 0 unspecified atom stereocenters. The smallest absolute Gasteiger partial charge is 0.296 e. The quantitative estimate of drug-likeness (QED) is 0.708. The molecule has 4 nitrogen and oxygen atoms in total. The molecule has 0 fully saturated rings. The second kappa shape index (κ2) is 3.98. The fraction of sp³-hybridized carbons (Fsp3) is 0.333. The average molecular weight is 215 g/mol.